The second-order valence-electron chi connectivity index (χ2n) is 6.95. The first kappa shape index (κ1) is 20.6. The summed E-state index contributed by atoms with van der Waals surface area (Å²) in [6, 6.07) is 10.1. The number of hydrogen-bond donors (Lipinski definition) is 2. The molecule has 0 amide bonds. The zero-order valence-corrected chi connectivity index (χ0v) is 16.2. The van der Waals surface area contributed by atoms with Crippen LogP contribution in [-0.2, 0) is 6.18 Å². The van der Waals surface area contributed by atoms with E-state index in [1.54, 1.807) is 37.4 Å². The number of H-pyrrole nitrogens is 1. The van der Waals surface area contributed by atoms with Crippen molar-refractivity contribution >= 4 is 11.5 Å². The monoisotopic (exact) mass is 401 g/mol. The minimum Gasteiger partial charge on any atom is -0.374 e. The molecular formula is C22H22F3N3O. The van der Waals surface area contributed by atoms with E-state index in [4.69, 9.17) is 0 Å². The summed E-state index contributed by atoms with van der Waals surface area (Å²) in [7, 11) is 0. The Morgan fingerprint density at radius 3 is 2.48 bits per heavy atom. The van der Waals surface area contributed by atoms with Gasteiger partial charge in [0.15, 0.2) is 5.78 Å². The number of benzene rings is 2. The second kappa shape index (κ2) is 8.51. The first-order valence-corrected chi connectivity index (χ1v) is 9.35. The van der Waals surface area contributed by atoms with Crippen molar-refractivity contribution in [3.05, 3.63) is 82.7 Å². The minimum atomic E-state index is -4.48. The summed E-state index contributed by atoms with van der Waals surface area (Å²) in [5.74, 6) is 0.0449. The fraction of sp³-hybridized carbons (Fsp3) is 0.273. The van der Waals surface area contributed by atoms with Crippen LogP contribution in [0.25, 0.3) is 0 Å². The van der Waals surface area contributed by atoms with Gasteiger partial charge in [-0.25, -0.2) is 0 Å². The zero-order valence-electron chi connectivity index (χ0n) is 16.2. The molecule has 0 saturated carbocycles. The van der Waals surface area contributed by atoms with Gasteiger partial charge in [-0.05, 0) is 49.2 Å². The van der Waals surface area contributed by atoms with Crippen molar-refractivity contribution in [2.75, 3.05) is 5.32 Å². The molecule has 0 aliphatic heterocycles. The van der Waals surface area contributed by atoms with Crippen molar-refractivity contribution in [3.8, 4) is 0 Å². The number of Topliss-reactive ketones (excluding diaryl/α,β-unsaturated/α-hetero) is 1. The molecule has 0 saturated heterocycles. The quantitative estimate of drug-likeness (QED) is 0.483. The van der Waals surface area contributed by atoms with E-state index in [1.807, 2.05) is 6.92 Å². The third-order valence-electron chi connectivity index (χ3n) is 4.67. The van der Waals surface area contributed by atoms with Gasteiger partial charge in [0.2, 0.25) is 0 Å². The summed E-state index contributed by atoms with van der Waals surface area (Å²) in [5.41, 5.74) is 1.92. The molecule has 2 N–H and O–H groups in total. The lowest BCUT2D eigenvalue weighted by Crippen LogP contribution is -2.18. The molecular weight excluding hydrogens is 379 g/mol. The summed E-state index contributed by atoms with van der Waals surface area (Å²) in [5, 5.41) is 9.72. The number of carbonyl (C=O) groups excluding carboxylic acids is 1. The average Bonchev–Trinajstić information content (AvgIpc) is 3.20. The van der Waals surface area contributed by atoms with Gasteiger partial charge in [0.1, 0.15) is 0 Å². The van der Waals surface area contributed by atoms with Crippen LogP contribution in [0, 0.1) is 6.92 Å². The predicted molar refractivity (Wildman–Crippen MR) is 106 cm³/mol. The number of hydrogen-bond acceptors (Lipinski definition) is 3. The maximum atomic E-state index is 13.6. The standard InChI is InChI=1S/C22H22F3N3O/c1-3-4-20(29)15-6-8-17(9-7-15)28-21(16-12-26-27-13-16)18-11-14(2)5-10-19(18)22(23,24)25/h5-13,21,28H,3-4H2,1-2H3,(H,26,27). The molecule has 0 aliphatic rings. The highest BCUT2D eigenvalue weighted by Gasteiger charge is 2.35. The lowest BCUT2D eigenvalue weighted by Gasteiger charge is -2.24. The van der Waals surface area contributed by atoms with Crippen LogP contribution in [0.2, 0.25) is 0 Å². The first-order chi connectivity index (χ1) is 13.8. The number of halogens is 3. The van der Waals surface area contributed by atoms with Gasteiger partial charge >= 0.3 is 6.18 Å². The Labute approximate surface area is 167 Å². The molecule has 1 atom stereocenters. The fourth-order valence-corrected chi connectivity index (χ4v) is 3.23. The highest BCUT2D eigenvalue weighted by atomic mass is 19.4. The van der Waals surface area contributed by atoms with E-state index in [0.29, 0.717) is 23.2 Å². The number of aryl methyl sites for hydroxylation is 1. The van der Waals surface area contributed by atoms with Gasteiger partial charge in [0.05, 0.1) is 17.8 Å². The van der Waals surface area contributed by atoms with Crippen LogP contribution in [0.15, 0.2) is 54.9 Å². The number of nitrogens with zero attached hydrogens (tertiary/aromatic N) is 1. The van der Waals surface area contributed by atoms with Crippen molar-refractivity contribution in [3.63, 3.8) is 0 Å². The van der Waals surface area contributed by atoms with Crippen molar-refractivity contribution in [1.29, 1.82) is 0 Å². The van der Waals surface area contributed by atoms with Crippen LogP contribution in [0.3, 0.4) is 0 Å². The number of nitrogens with one attached hydrogen (secondary N) is 2. The Balaban J connectivity index is 1.99. The lowest BCUT2D eigenvalue weighted by atomic mass is 9.93. The van der Waals surface area contributed by atoms with Gasteiger partial charge in [-0.1, -0.05) is 24.6 Å². The Morgan fingerprint density at radius 1 is 1.17 bits per heavy atom. The van der Waals surface area contributed by atoms with Crippen LogP contribution in [0.1, 0.15) is 58.4 Å². The van der Waals surface area contributed by atoms with E-state index in [2.05, 4.69) is 15.5 Å². The molecule has 1 unspecified atom stereocenters. The third-order valence-corrected chi connectivity index (χ3v) is 4.67. The second-order valence-corrected chi connectivity index (χ2v) is 6.95. The van der Waals surface area contributed by atoms with Gasteiger partial charge in [0, 0.05) is 29.4 Å². The maximum Gasteiger partial charge on any atom is 0.416 e. The smallest absolute Gasteiger partial charge is 0.374 e. The van der Waals surface area contributed by atoms with Gasteiger partial charge in [0.25, 0.3) is 0 Å². The van der Waals surface area contributed by atoms with Crippen molar-refractivity contribution < 1.29 is 18.0 Å². The molecule has 0 aliphatic carbocycles. The summed E-state index contributed by atoms with van der Waals surface area (Å²) >= 11 is 0. The van der Waals surface area contributed by atoms with Crippen LogP contribution in [0.5, 0.6) is 0 Å². The van der Waals surface area contributed by atoms with Crippen LogP contribution >= 0.6 is 0 Å². The van der Waals surface area contributed by atoms with Crippen LogP contribution < -0.4 is 5.32 Å². The topological polar surface area (TPSA) is 57.8 Å². The van der Waals surface area contributed by atoms with Crippen molar-refractivity contribution in [2.24, 2.45) is 0 Å². The molecule has 3 rings (SSSR count). The van der Waals surface area contributed by atoms with Gasteiger partial charge in [-0.2, -0.15) is 18.3 Å². The molecule has 4 nitrogen and oxygen atoms in total. The molecule has 1 aromatic heterocycles. The van der Waals surface area contributed by atoms with Crippen molar-refractivity contribution in [1.82, 2.24) is 10.2 Å². The summed E-state index contributed by atoms with van der Waals surface area (Å²) in [6.45, 7) is 3.69. The highest BCUT2D eigenvalue weighted by molar-refractivity contribution is 5.96. The number of anilines is 1. The van der Waals surface area contributed by atoms with E-state index in [0.717, 1.165) is 18.1 Å². The number of aromatic nitrogens is 2. The van der Waals surface area contributed by atoms with Gasteiger partial charge in [-0.3, -0.25) is 9.89 Å². The molecule has 3 aromatic rings. The number of aromatic amines is 1. The molecule has 0 bridgehead atoms. The maximum absolute atomic E-state index is 13.6. The van der Waals surface area contributed by atoms with E-state index in [9.17, 15) is 18.0 Å². The SMILES string of the molecule is CCCC(=O)c1ccc(NC(c2cn[nH]c2)c2cc(C)ccc2C(F)(F)F)cc1. The van der Waals surface area contributed by atoms with Gasteiger partial charge in [-0.15, -0.1) is 0 Å². The molecule has 0 radical (unpaired) electrons. The molecule has 152 valence electrons. The Morgan fingerprint density at radius 2 is 1.90 bits per heavy atom. The number of rotatable bonds is 7. The number of carbonyl (C=O) groups is 1. The van der Waals surface area contributed by atoms with Gasteiger partial charge < -0.3 is 5.32 Å². The summed E-state index contributed by atoms with van der Waals surface area (Å²) < 4.78 is 40.9. The zero-order chi connectivity index (χ0) is 21.0. The van der Waals surface area contributed by atoms with E-state index < -0.39 is 17.8 Å². The van der Waals surface area contributed by atoms with Crippen molar-refractivity contribution in [2.45, 2.75) is 38.9 Å². The average molecular weight is 401 g/mol. The molecule has 1 heterocycles. The fourth-order valence-electron chi connectivity index (χ4n) is 3.23. The van der Waals surface area contributed by atoms with E-state index in [-0.39, 0.29) is 11.3 Å². The minimum absolute atomic E-state index is 0.0449. The normalized spacial score (nSPS) is 12.6. The number of ketones is 1. The molecule has 0 fully saturated rings. The summed E-state index contributed by atoms with van der Waals surface area (Å²) in [6.07, 6.45) is -0.195. The molecule has 2 aromatic carbocycles. The Hall–Kier alpha value is -3.09. The molecule has 29 heavy (non-hydrogen) atoms. The molecule has 7 heteroatoms. The Kier molecular flexibility index (Phi) is 6.06. The predicted octanol–water partition coefficient (Wildman–Crippen LogP) is 5.92. The third kappa shape index (κ3) is 4.85. The lowest BCUT2D eigenvalue weighted by molar-refractivity contribution is -0.138. The van der Waals surface area contributed by atoms with Crippen LogP contribution in [-0.4, -0.2) is 16.0 Å². The highest BCUT2D eigenvalue weighted by Crippen LogP contribution is 2.38. The van der Waals surface area contributed by atoms with E-state index >= 15 is 0 Å². The summed E-state index contributed by atoms with van der Waals surface area (Å²) in [4.78, 5) is 12.0. The van der Waals surface area contributed by atoms with E-state index in [1.165, 1.54) is 18.3 Å². The largest absolute Gasteiger partial charge is 0.416 e. The first-order valence-electron chi connectivity index (χ1n) is 9.35. The molecule has 0 spiro atoms. The Bertz CT molecular complexity index is 964. The number of alkyl halides is 3. The van der Waals surface area contributed by atoms with Crippen LogP contribution in [0.4, 0.5) is 18.9 Å².